The van der Waals surface area contributed by atoms with Crippen LogP contribution in [0, 0.1) is 0 Å². The molecule has 10 aromatic rings. The van der Waals surface area contributed by atoms with E-state index in [0.29, 0.717) is 12.2 Å². The molecule has 274 valence electrons. The van der Waals surface area contributed by atoms with Crippen LogP contribution in [-0.4, -0.2) is 11.0 Å². The number of phosphoric ester groups is 1. The molecule has 0 bridgehead atoms. The first kappa shape index (κ1) is 32.3. The van der Waals surface area contributed by atoms with Gasteiger partial charge in [0, 0.05) is 23.0 Å². The molecule has 0 radical (unpaired) electrons. The van der Waals surface area contributed by atoms with E-state index in [9.17, 15) is 9.46 Å². The Kier molecular flexibility index (Phi) is 6.61. The molecule has 2 aliphatic carbocycles. The summed E-state index contributed by atoms with van der Waals surface area (Å²) in [6.07, 6.45) is 4.06. The van der Waals surface area contributed by atoms with E-state index in [1.807, 2.05) is 0 Å². The first-order valence-corrected chi connectivity index (χ1v) is 21.8. The van der Waals surface area contributed by atoms with Crippen molar-refractivity contribution < 1.29 is 18.5 Å². The van der Waals surface area contributed by atoms with Crippen molar-refractivity contribution >= 4 is 72.5 Å². The molecule has 57 heavy (non-hydrogen) atoms. The average Bonchev–Trinajstić information content (AvgIpc) is 3.37. The van der Waals surface area contributed by atoms with Crippen LogP contribution in [-0.2, 0) is 28.4 Å². The summed E-state index contributed by atoms with van der Waals surface area (Å²) in [5.74, 6) is -0.0279. The Hall–Kier alpha value is -5.77. The second kappa shape index (κ2) is 11.6. The summed E-state index contributed by atoms with van der Waals surface area (Å²) in [4.78, 5) is 12.0. The lowest BCUT2D eigenvalue weighted by Crippen LogP contribution is -2.35. The zero-order valence-electron chi connectivity index (χ0n) is 31.2. The molecule has 0 fully saturated rings. The maximum Gasteiger partial charge on any atom is 0.527 e. The third kappa shape index (κ3) is 4.55. The van der Waals surface area contributed by atoms with Crippen LogP contribution in [0.15, 0.2) is 140 Å². The predicted molar refractivity (Wildman–Crippen MR) is 232 cm³/mol. The van der Waals surface area contributed by atoms with Crippen LogP contribution in [0.3, 0.4) is 0 Å². The number of hydrogen-bond acceptors (Lipinski definition) is 3. The fourth-order valence-corrected chi connectivity index (χ4v) is 12.5. The van der Waals surface area contributed by atoms with Gasteiger partial charge >= 0.3 is 7.82 Å². The van der Waals surface area contributed by atoms with Gasteiger partial charge in [-0.25, -0.2) is 4.57 Å². The molecule has 2 unspecified atom stereocenters. The molecule has 0 spiro atoms. The summed E-state index contributed by atoms with van der Waals surface area (Å²) < 4.78 is 27.9. The molecule has 1 aliphatic heterocycles. The van der Waals surface area contributed by atoms with Crippen LogP contribution in [0.5, 0.6) is 5.75 Å². The van der Waals surface area contributed by atoms with Gasteiger partial charge < -0.3 is 4.52 Å². The van der Waals surface area contributed by atoms with Gasteiger partial charge in [-0.15, -0.1) is 0 Å². The van der Waals surface area contributed by atoms with Crippen LogP contribution in [0.1, 0.15) is 58.1 Å². The largest absolute Gasteiger partial charge is 0.527 e. The standard InChI is InChI=1S/C52H37O4P/c53-57(54)55-51-43(39-23-19-33-17-15-29-9-5-11-31-21-25-41(39)47(33)45(29)31)27-35-7-1-3-13-37(35)49(51)50-38-14-4-2-8-36(38)28-44(52(50)56-57)40-24-20-34-18-16-30-10-6-12-32-22-26-42(40)48(34)46(30)32/h1,3,5-7,9-13,15-26,28,43,49,51H,2,4,8,14,27H2,(H,53,54)/t43?,49-,51-/m1/s1. The Morgan fingerprint density at radius 1 is 0.544 bits per heavy atom. The quantitative estimate of drug-likeness (QED) is 0.141. The summed E-state index contributed by atoms with van der Waals surface area (Å²) in [5, 5.41) is 14.5. The Balaban J connectivity index is 1.10. The molecule has 0 saturated heterocycles. The molecule has 13 rings (SSSR count). The average molecular weight is 757 g/mol. The van der Waals surface area contributed by atoms with Gasteiger partial charge in [0.25, 0.3) is 0 Å². The highest BCUT2D eigenvalue weighted by molar-refractivity contribution is 7.47. The Morgan fingerprint density at radius 2 is 1.14 bits per heavy atom. The molecular weight excluding hydrogens is 720 g/mol. The van der Waals surface area contributed by atoms with E-state index in [2.05, 4.69) is 140 Å². The predicted octanol–water partition coefficient (Wildman–Crippen LogP) is 13.4. The van der Waals surface area contributed by atoms with Crippen LogP contribution in [0.25, 0.3) is 75.8 Å². The number of fused-ring (bicyclic) bond motifs is 7. The van der Waals surface area contributed by atoms with Gasteiger partial charge in [0.1, 0.15) is 5.75 Å². The summed E-state index contributed by atoms with van der Waals surface area (Å²) in [6.45, 7) is 0. The van der Waals surface area contributed by atoms with Gasteiger partial charge in [-0.2, -0.15) is 0 Å². The summed E-state index contributed by atoms with van der Waals surface area (Å²) in [5.41, 5.74) is 9.01. The number of rotatable bonds is 2. The minimum absolute atomic E-state index is 0.207. The minimum atomic E-state index is -4.64. The molecular formula is C52H37O4P. The van der Waals surface area contributed by atoms with Crippen molar-refractivity contribution in [2.45, 2.75) is 50.0 Å². The van der Waals surface area contributed by atoms with E-state index in [1.54, 1.807) is 0 Å². The van der Waals surface area contributed by atoms with Crippen LogP contribution < -0.4 is 4.52 Å². The van der Waals surface area contributed by atoms with Crippen LogP contribution >= 0.6 is 7.82 Å². The SMILES string of the molecule is O=P1(O)Oc2c(-c3ccc4ccc5cccc6ccc3c4c56)cc3c(c2[C@H]2c4ccccc4CC(c4ccc5ccc6cccc7ccc4c5c67)[C@H]2O1)CCCC3. The molecule has 10 aromatic carbocycles. The van der Waals surface area contributed by atoms with Gasteiger partial charge in [0.2, 0.25) is 0 Å². The molecule has 4 atom stereocenters. The summed E-state index contributed by atoms with van der Waals surface area (Å²) in [6, 6.07) is 50.5. The highest BCUT2D eigenvalue weighted by Crippen LogP contribution is 2.62. The molecule has 0 aromatic heterocycles. The van der Waals surface area contributed by atoms with E-state index >= 15 is 0 Å². The lowest BCUT2D eigenvalue weighted by Gasteiger charge is -2.40. The van der Waals surface area contributed by atoms with Crippen LogP contribution in [0.4, 0.5) is 0 Å². The maximum absolute atomic E-state index is 14.7. The second-order valence-electron chi connectivity index (χ2n) is 16.6. The van der Waals surface area contributed by atoms with Crippen molar-refractivity contribution in [3.63, 3.8) is 0 Å². The van der Waals surface area contributed by atoms with E-state index in [4.69, 9.17) is 9.05 Å². The summed E-state index contributed by atoms with van der Waals surface area (Å²) >= 11 is 0. The highest BCUT2D eigenvalue weighted by atomic mass is 31.2. The third-order valence-corrected chi connectivity index (χ3v) is 14.7. The van der Waals surface area contributed by atoms with Crippen molar-refractivity contribution in [2.24, 2.45) is 0 Å². The van der Waals surface area contributed by atoms with Gasteiger partial charge in [0.15, 0.2) is 0 Å². The van der Waals surface area contributed by atoms with Crippen molar-refractivity contribution in [3.05, 3.63) is 173 Å². The van der Waals surface area contributed by atoms with Crippen molar-refractivity contribution in [1.29, 1.82) is 0 Å². The normalized spacial score (nSPS) is 21.8. The minimum Gasteiger partial charge on any atom is -0.403 e. The van der Waals surface area contributed by atoms with Gasteiger partial charge in [-0.3, -0.25) is 9.42 Å². The summed E-state index contributed by atoms with van der Waals surface area (Å²) in [7, 11) is -4.64. The number of aryl methyl sites for hydroxylation is 1. The number of phosphoric acid groups is 1. The molecule has 5 heteroatoms. The van der Waals surface area contributed by atoms with E-state index in [1.165, 1.54) is 75.9 Å². The topological polar surface area (TPSA) is 55.8 Å². The van der Waals surface area contributed by atoms with Gasteiger partial charge in [0.05, 0.1) is 6.10 Å². The fraction of sp³-hybridized carbons (Fsp3) is 0.154. The van der Waals surface area contributed by atoms with Gasteiger partial charge in [-0.1, -0.05) is 133 Å². The Bertz CT molecular complexity index is 3330. The highest BCUT2D eigenvalue weighted by Gasteiger charge is 2.49. The number of benzene rings is 10. The zero-order chi connectivity index (χ0) is 37.6. The van der Waals surface area contributed by atoms with Crippen LogP contribution in [0.2, 0.25) is 0 Å². The Labute approximate surface area is 329 Å². The second-order valence-corrected chi connectivity index (χ2v) is 17.9. The van der Waals surface area contributed by atoms with Gasteiger partial charge in [-0.05, 0) is 136 Å². The molecule has 1 heterocycles. The smallest absolute Gasteiger partial charge is 0.403 e. The molecule has 0 amide bonds. The maximum atomic E-state index is 14.7. The van der Waals surface area contributed by atoms with Crippen molar-refractivity contribution in [2.75, 3.05) is 0 Å². The van der Waals surface area contributed by atoms with Crippen molar-refractivity contribution in [3.8, 4) is 16.9 Å². The molecule has 0 saturated carbocycles. The fourth-order valence-electron chi connectivity index (χ4n) is 11.4. The zero-order valence-corrected chi connectivity index (χ0v) is 32.1. The lowest BCUT2D eigenvalue weighted by atomic mass is 9.66. The molecule has 3 aliphatic rings. The lowest BCUT2D eigenvalue weighted by molar-refractivity contribution is 0.107. The Morgan fingerprint density at radius 3 is 1.88 bits per heavy atom. The third-order valence-electron chi connectivity index (χ3n) is 13.8. The number of hydrogen-bond donors (Lipinski definition) is 1. The monoisotopic (exact) mass is 756 g/mol. The van der Waals surface area contributed by atoms with E-state index in [-0.39, 0.29) is 11.8 Å². The first-order chi connectivity index (χ1) is 28.0. The molecule has 4 nitrogen and oxygen atoms in total. The molecule has 1 N–H and O–H groups in total. The van der Waals surface area contributed by atoms with Crippen molar-refractivity contribution in [1.82, 2.24) is 0 Å². The first-order valence-electron chi connectivity index (χ1n) is 20.3. The van der Waals surface area contributed by atoms with E-state index in [0.717, 1.165) is 58.9 Å². The van der Waals surface area contributed by atoms with E-state index < -0.39 is 13.9 Å².